The fourth-order valence-corrected chi connectivity index (χ4v) is 10.8. The van der Waals surface area contributed by atoms with Gasteiger partial charge in [0.25, 0.3) is 11.8 Å². The summed E-state index contributed by atoms with van der Waals surface area (Å²) in [4.78, 5) is 62.0. The van der Waals surface area contributed by atoms with Crippen LogP contribution in [0.25, 0.3) is 22.8 Å². The van der Waals surface area contributed by atoms with Gasteiger partial charge in [-0.25, -0.2) is 14.8 Å². The van der Waals surface area contributed by atoms with Crippen molar-refractivity contribution < 1.29 is 19.1 Å². The zero-order valence-corrected chi connectivity index (χ0v) is 43.2. The second-order valence-electron chi connectivity index (χ2n) is 21.2. The summed E-state index contributed by atoms with van der Waals surface area (Å²) >= 11 is 0. The smallest absolute Gasteiger partial charge is 0.410 e. The number of fused-ring (bicyclic) bond motifs is 2. The van der Waals surface area contributed by atoms with Crippen LogP contribution in [-0.4, -0.2) is 97.4 Å². The molecule has 3 amide bonds. The number of likely N-dealkylation sites (tertiary alicyclic amines) is 2. The summed E-state index contributed by atoms with van der Waals surface area (Å²) in [5, 5.41) is 21.5. The fraction of sp³-hybridized carbons (Fsp3) is 0.407. The van der Waals surface area contributed by atoms with Gasteiger partial charge in [-0.15, -0.1) is 0 Å². The number of nitriles is 2. The molecule has 2 saturated heterocycles. The van der Waals surface area contributed by atoms with Gasteiger partial charge in [-0.3, -0.25) is 9.59 Å². The highest BCUT2D eigenvalue weighted by Gasteiger charge is 2.31. The Bertz CT molecular complexity index is 3090. The zero-order valence-electron chi connectivity index (χ0n) is 43.2. The number of nitrogens with one attached hydrogen (secondary N) is 3. The summed E-state index contributed by atoms with van der Waals surface area (Å²) in [5.41, 5.74) is 14.9. The Morgan fingerprint density at radius 2 is 1.05 bits per heavy atom. The molecule has 2 fully saturated rings. The minimum Gasteiger partial charge on any atom is -0.444 e. The van der Waals surface area contributed by atoms with Gasteiger partial charge in [0.1, 0.15) is 17.2 Å². The van der Waals surface area contributed by atoms with Crippen molar-refractivity contribution >= 4 is 17.9 Å². The number of piperidine rings is 2. The van der Waals surface area contributed by atoms with Crippen molar-refractivity contribution in [3.63, 3.8) is 0 Å². The van der Waals surface area contributed by atoms with Crippen molar-refractivity contribution in [1.29, 1.82) is 10.5 Å². The maximum absolute atomic E-state index is 13.7. The van der Waals surface area contributed by atoms with Crippen molar-refractivity contribution in [2.75, 3.05) is 39.3 Å². The van der Waals surface area contributed by atoms with Gasteiger partial charge in [-0.1, -0.05) is 36.4 Å². The lowest BCUT2D eigenvalue weighted by Crippen LogP contribution is -2.39. The van der Waals surface area contributed by atoms with Crippen molar-refractivity contribution in [2.45, 2.75) is 118 Å². The van der Waals surface area contributed by atoms with Crippen LogP contribution in [0.1, 0.15) is 146 Å². The van der Waals surface area contributed by atoms with Gasteiger partial charge in [-0.2, -0.15) is 10.5 Å². The number of hydrogen-bond donors (Lipinski definition) is 3. The summed E-state index contributed by atoms with van der Waals surface area (Å²) < 4.78 is 5.56. The van der Waals surface area contributed by atoms with E-state index in [0.29, 0.717) is 61.1 Å². The van der Waals surface area contributed by atoms with E-state index in [-0.39, 0.29) is 17.9 Å². The van der Waals surface area contributed by atoms with Crippen molar-refractivity contribution in [2.24, 2.45) is 0 Å². The maximum atomic E-state index is 13.7. The Balaban J connectivity index is 0.000000183. The van der Waals surface area contributed by atoms with E-state index in [0.717, 1.165) is 132 Å². The second kappa shape index (κ2) is 21.3. The molecule has 14 heteroatoms. The SMILES string of the molecule is Cc1cc(C)c(-c2nc3c([nH]2)CN(C(=O)OC(C)(C)C)CC3)cc1C(=O)N1CCC(c2ccc(C#N)cc2)CC1.Cc1cc(C)c(-c2nc3c([nH]2)CNCC3)cc1C(=O)N1CCC(c2ccc(C#N)cc2)CC1. The first-order valence-corrected chi connectivity index (χ1v) is 25.7. The summed E-state index contributed by atoms with van der Waals surface area (Å²) in [6.45, 7) is 19.3. The molecule has 6 aromatic rings. The molecular weight excluding hydrogens is 913 g/mol. The van der Waals surface area contributed by atoms with Crippen LogP contribution in [0.15, 0.2) is 72.8 Å². The van der Waals surface area contributed by atoms with Gasteiger partial charge in [0, 0.05) is 80.9 Å². The number of aromatic nitrogens is 4. The van der Waals surface area contributed by atoms with E-state index in [1.165, 1.54) is 11.1 Å². The molecule has 0 radical (unpaired) electrons. The molecule has 0 unspecified atom stereocenters. The molecule has 2 aromatic heterocycles. The highest BCUT2D eigenvalue weighted by Crippen LogP contribution is 2.34. The van der Waals surface area contributed by atoms with Crippen molar-refractivity contribution in [3.05, 3.63) is 151 Å². The van der Waals surface area contributed by atoms with Crippen LogP contribution in [-0.2, 0) is 30.7 Å². The molecule has 3 N–H and O–H groups in total. The maximum Gasteiger partial charge on any atom is 0.410 e. The highest BCUT2D eigenvalue weighted by atomic mass is 16.6. The molecule has 0 atom stereocenters. The van der Waals surface area contributed by atoms with Gasteiger partial charge in [-0.05, 0) is 156 Å². The Hall–Kier alpha value is -7.55. The molecule has 0 spiro atoms. The van der Waals surface area contributed by atoms with Crippen LogP contribution in [0.5, 0.6) is 0 Å². The Morgan fingerprint density at radius 1 is 0.603 bits per heavy atom. The van der Waals surface area contributed by atoms with E-state index in [4.69, 9.17) is 25.2 Å². The number of aromatic amines is 2. The standard InChI is InChI=1S/C32H37N5O3.C27H29N5O/c1-20-16-21(2)26(30(38)36-13-10-24(11-14-36)23-8-6-22(18-33)7-9-23)17-25(20)29-34-27-12-15-37(19-28(27)35-29)31(39)40-32(3,4)5;1-17-13-18(2)23(14-22(17)26-30-24-7-10-29-16-25(24)31-26)27(33)32-11-8-21(9-12-32)20-5-3-19(15-28)4-6-20/h6-9,16-17,24H,10-15,19H2,1-5H3,(H,34,35);3-6,13-14,21,29H,7-12,16H2,1-2H3,(H,30,31). The van der Waals surface area contributed by atoms with Gasteiger partial charge in [0.2, 0.25) is 0 Å². The van der Waals surface area contributed by atoms with Crippen LogP contribution >= 0.6 is 0 Å². The van der Waals surface area contributed by atoms with E-state index in [1.54, 1.807) is 4.90 Å². The molecular formula is C59H66N10O4. The molecule has 14 nitrogen and oxygen atoms in total. The van der Waals surface area contributed by atoms with Crippen LogP contribution in [0.3, 0.4) is 0 Å². The first kappa shape index (κ1) is 50.4. The first-order chi connectivity index (χ1) is 35.0. The minimum atomic E-state index is -0.544. The Labute approximate surface area is 428 Å². The van der Waals surface area contributed by atoms with Crippen LogP contribution in [0, 0.1) is 50.4 Å². The molecule has 0 bridgehead atoms. The number of rotatable bonds is 6. The molecule has 0 saturated carbocycles. The first-order valence-electron chi connectivity index (χ1n) is 25.7. The molecule has 6 heterocycles. The Morgan fingerprint density at radius 3 is 1.49 bits per heavy atom. The number of benzene rings is 4. The van der Waals surface area contributed by atoms with Gasteiger partial charge >= 0.3 is 6.09 Å². The normalized spacial score (nSPS) is 16.1. The highest BCUT2D eigenvalue weighted by molar-refractivity contribution is 5.98. The van der Waals surface area contributed by atoms with E-state index >= 15 is 0 Å². The molecule has 73 heavy (non-hydrogen) atoms. The predicted molar refractivity (Wildman–Crippen MR) is 281 cm³/mol. The number of amides is 3. The van der Waals surface area contributed by atoms with Crippen LogP contribution < -0.4 is 5.32 Å². The van der Waals surface area contributed by atoms with Crippen LogP contribution in [0.2, 0.25) is 0 Å². The predicted octanol–water partition coefficient (Wildman–Crippen LogP) is 10.1. The molecule has 4 aliphatic heterocycles. The quantitative estimate of drug-likeness (QED) is 0.146. The topological polar surface area (TPSA) is 187 Å². The summed E-state index contributed by atoms with van der Waals surface area (Å²) in [7, 11) is 0. The third-order valence-corrected chi connectivity index (χ3v) is 14.9. The monoisotopic (exact) mass is 979 g/mol. The van der Waals surface area contributed by atoms with Gasteiger partial charge < -0.3 is 34.7 Å². The minimum absolute atomic E-state index is 0.0458. The number of carbonyl (C=O) groups is 3. The molecule has 10 rings (SSSR count). The number of hydrogen-bond acceptors (Lipinski definition) is 9. The number of ether oxygens (including phenoxy) is 1. The lowest BCUT2D eigenvalue weighted by Gasteiger charge is -2.32. The van der Waals surface area contributed by atoms with E-state index < -0.39 is 5.60 Å². The number of imidazole rings is 2. The van der Waals surface area contributed by atoms with E-state index in [2.05, 4.69) is 58.6 Å². The fourth-order valence-electron chi connectivity index (χ4n) is 10.8. The molecule has 376 valence electrons. The summed E-state index contributed by atoms with van der Waals surface area (Å²) in [6.07, 6.45) is 4.92. The molecule has 0 aliphatic carbocycles. The van der Waals surface area contributed by atoms with Gasteiger partial charge in [0.15, 0.2) is 0 Å². The largest absolute Gasteiger partial charge is 0.444 e. The zero-order chi connectivity index (χ0) is 51.6. The summed E-state index contributed by atoms with van der Waals surface area (Å²) in [6, 6.07) is 28.2. The van der Waals surface area contributed by atoms with Crippen LogP contribution in [0.4, 0.5) is 4.79 Å². The average Bonchev–Trinajstić information content (AvgIpc) is 4.03. The number of carbonyl (C=O) groups excluding carboxylic acids is 3. The second-order valence-corrected chi connectivity index (χ2v) is 21.2. The number of nitrogens with zero attached hydrogens (tertiary/aromatic N) is 7. The van der Waals surface area contributed by atoms with Crippen molar-refractivity contribution in [1.82, 2.24) is 40.0 Å². The number of aryl methyl sites for hydroxylation is 4. The summed E-state index contributed by atoms with van der Waals surface area (Å²) in [5.74, 6) is 2.55. The third kappa shape index (κ3) is 11.3. The lowest BCUT2D eigenvalue weighted by atomic mass is 9.88. The van der Waals surface area contributed by atoms with Gasteiger partial charge in [0.05, 0.1) is 52.6 Å². The third-order valence-electron chi connectivity index (χ3n) is 14.9. The Kier molecular flexibility index (Phi) is 14.7. The molecule has 4 aromatic carbocycles. The number of H-pyrrole nitrogens is 2. The molecule has 4 aliphatic rings. The van der Waals surface area contributed by atoms with E-state index in [1.807, 2.05) is 99.9 Å². The lowest BCUT2D eigenvalue weighted by molar-refractivity contribution is 0.0220. The van der Waals surface area contributed by atoms with E-state index in [9.17, 15) is 14.4 Å². The average molecular weight is 979 g/mol. The van der Waals surface area contributed by atoms with Crippen molar-refractivity contribution in [3.8, 4) is 34.9 Å².